The average Bonchev–Trinajstić information content (AvgIpc) is 3.08. The highest BCUT2D eigenvalue weighted by molar-refractivity contribution is 8.19. The summed E-state index contributed by atoms with van der Waals surface area (Å²) in [5.74, 6) is -0.352. The van der Waals surface area contributed by atoms with Gasteiger partial charge in [-0.05, 0) is 84.6 Å². The first-order chi connectivity index (χ1) is 16.3. The molecule has 2 amide bonds. The van der Waals surface area contributed by atoms with E-state index in [1.54, 1.807) is 72.8 Å². The van der Waals surface area contributed by atoms with Gasteiger partial charge in [0.2, 0.25) is 0 Å². The molecule has 0 spiro atoms. The Morgan fingerprint density at radius 2 is 1.59 bits per heavy atom. The number of ether oxygens (including phenoxy) is 1. The molecule has 1 aliphatic heterocycles. The number of benzene rings is 3. The molecule has 34 heavy (non-hydrogen) atoms. The van der Waals surface area contributed by atoms with Gasteiger partial charge in [-0.25, -0.2) is 0 Å². The molecule has 0 radical (unpaired) electrons. The number of rotatable bonds is 6. The Morgan fingerprint density at radius 1 is 0.971 bits per heavy atom. The molecule has 4 rings (SSSR count). The second-order valence-electron chi connectivity index (χ2n) is 7.06. The summed E-state index contributed by atoms with van der Waals surface area (Å²) in [6, 6.07) is 18.2. The van der Waals surface area contributed by atoms with Gasteiger partial charge in [-0.15, -0.1) is 0 Å². The maximum Gasteiger partial charge on any atom is 0.271 e. The van der Waals surface area contributed by atoms with Crippen LogP contribution in [0.3, 0.4) is 0 Å². The number of anilines is 2. The highest BCUT2D eigenvalue weighted by Crippen LogP contribution is 2.37. The number of nitrogens with one attached hydrogen (secondary N) is 2. The Kier molecular flexibility index (Phi) is 7.48. The Bertz CT molecular complexity index is 1300. The molecule has 172 valence electrons. The van der Waals surface area contributed by atoms with Gasteiger partial charge in [-0.3, -0.25) is 19.9 Å². The lowest BCUT2D eigenvalue weighted by Gasteiger charge is -2.14. The van der Waals surface area contributed by atoms with Gasteiger partial charge in [0, 0.05) is 26.3 Å². The number of hydrogen-bond acceptors (Lipinski definition) is 5. The van der Waals surface area contributed by atoms with Gasteiger partial charge in [0.05, 0.1) is 10.6 Å². The van der Waals surface area contributed by atoms with Crippen LogP contribution in [0.2, 0.25) is 15.1 Å². The van der Waals surface area contributed by atoms with Crippen LogP contribution in [0.25, 0.3) is 6.08 Å². The maximum absolute atomic E-state index is 13.0. The predicted molar refractivity (Wildman–Crippen MR) is 139 cm³/mol. The normalized spacial score (nSPS) is 14.6. The lowest BCUT2D eigenvalue weighted by molar-refractivity contribution is -0.118. The molecular weight excluding hydrogens is 517 g/mol. The third-order valence-corrected chi connectivity index (χ3v) is 6.28. The molecule has 0 bridgehead atoms. The summed E-state index contributed by atoms with van der Waals surface area (Å²) in [4.78, 5) is 26.9. The fourth-order valence-corrected chi connectivity index (χ4v) is 4.38. The van der Waals surface area contributed by atoms with Crippen LogP contribution in [-0.2, 0) is 9.59 Å². The number of nitrogens with zero attached hydrogens (tertiary/aromatic N) is 1. The number of amides is 2. The summed E-state index contributed by atoms with van der Waals surface area (Å²) in [6.45, 7) is -0.256. The van der Waals surface area contributed by atoms with Crippen molar-refractivity contribution in [1.29, 1.82) is 5.41 Å². The van der Waals surface area contributed by atoms with Crippen molar-refractivity contribution in [2.24, 2.45) is 0 Å². The lowest BCUT2D eigenvalue weighted by atomic mass is 10.1. The van der Waals surface area contributed by atoms with E-state index in [0.29, 0.717) is 42.7 Å². The summed E-state index contributed by atoms with van der Waals surface area (Å²) in [5, 5.41) is 12.6. The fourth-order valence-electron chi connectivity index (χ4n) is 3.09. The average molecular weight is 533 g/mol. The second-order valence-corrected chi connectivity index (χ2v) is 9.40. The minimum Gasteiger partial charge on any atom is -0.483 e. The molecule has 3 aromatic rings. The number of carbonyl (C=O) groups is 2. The van der Waals surface area contributed by atoms with Gasteiger partial charge in [-0.2, -0.15) is 0 Å². The smallest absolute Gasteiger partial charge is 0.271 e. The standard InChI is InChI=1S/C24H16Cl3N3O3S/c25-15-1-6-18(7-2-15)29-22(31)13-33-20-10-5-17(27)11-14(20)12-21-23(32)30(24(28)34-21)19-8-3-16(26)4-9-19/h1-12,28H,13H2,(H,29,31)/b21-12-,28-24?. The number of thioether (sulfide) groups is 1. The third kappa shape index (κ3) is 5.74. The first kappa shape index (κ1) is 24.2. The van der Waals surface area contributed by atoms with Crippen LogP contribution in [-0.4, -0.2) is 23.6 Å². The number of carbonyl (C=O) groups excluding carboxylic acids is 2. The molecular formula is C24H16Cl3N3O3S. The SMILES string of the molecule is N=C1S/C(=C\c2cc(Cl)ccc2OCC(=O)Nc2ccc(Cl)cc2)C(=O)N1c1ccc(Cl)cc1. The van der Waals surface area contributed by atoms with Gasteiger partial charge in [-0.1, -0.05) is 34.8 Å². The molecule has 3 aromatic carbocycles. The van der Waals surface area contributed by atoms with Crippen LogP contribution in [0, 0.1) is 5.41 Å². The molecule has 0 aromatic heterocycles. The van der Waals surface area contributed by atoms with E-state index in [2.05, 4.69) is 5.32 Å². The van der Waals surface area contributed by atoms with Crippen LogP contribution >= 0.6 is 46.6 Å². The molecule has 1 fully saturated rings. The van der Waals surface area contributed by atoms with Crippen molar-refractivity contribution >= 4 is 81.0 Å². The molecule has 10 heteroatoms. The zero-order valence-electron chi connectivity index (χ0n) is 17.3. The van der Waals surface area contributed by atoms with Crippen molar-refractivity contribution in [3.05, 3.63) is 92.3 Å². The topological polar surface area (TPSA) is 82.5 Å². The van der Waals surface area contributed by atoms with E-state index in [-0.39, 0.29) is 23.6 Å². The van der Waals surface area contributed by atoms with E-state index < -0.39 is 0 Å². The minimum absolute atomic E-state index is 0.0606. The molecule has 2 N–H and O–H groups in total. The first-order valence-electron chi connectivity index (χ1n) is 9.86. The number of amidine groups is 1. The summed E-state index contributed by atoms with van der Waals surface area (Å²) >= 11 is 19.0. The van der Waals surface area contributed by atoms with Crippen molar-refractivity contribution in [2.75, 3.05) is 16.8 Å². The van der Waals surface area contributed by atoms with Crippen molar-refractivity contribution < 1.29 is 14.3 Å². The zero-order valence-corrected chi connectivity index (χ0v) is 20.4. The van der Waals surface area contributed by atoms with Crippen molar-refractivity contribution in [1.82, 2.24) is 0 Å². The van der Waals surface area contributed by atoms with E-state index in [1.165, 1.54) is 4.90 Å². The maximum atomic E-state index is 13.0. The fraction of sp³-hybridized carbons (Fsp3) is 0.0417. The van der Waals surface area contributed by atoms with Crippen molar-refractivity contribution in [2.45, 2.75) is 0 Å². The van der Waals surface area contributed by atoms with E-state index in [1.807, 2.05) is 0 Å². The van der Waals surface area contributed by atoms with E-state index in [9.17, 15) is 9.59 Å². The highest BCUT2D eigenvalue weighted by atomic mass is 35.5. The Balaban J connectivity index is 1.51. The Labute approximate surface area is 215 Å². The number of hydrogen-bond donors (Lipinski definition) is 2. The van der Waals surface area contributed by atoms with Gasteiger partial charge >= 0.3 is 0 Å². The summed E-state index contributed by atoms with van der Waals surface area (Å²) in [7, 11) is 0. The summed E-state index contributed by atoms with van der Waals surface area (Å²) in [5.41, 5.74) is 1.63. The summed E-state index contributed by atoms with van der Waals surface area (Å²) < 4.78 is 5.70. The molecule has 1 heterocycles. The van der Waals surface area contributed by atoms with Gasteiger partial charge in [0.1, 0.15) is 5.75 Å². The van der Waals surface area contributed by atoms with Gasteiger partial charge in [0.25, 0.3) is 11.8 Å². The molecule has 1 aliphatic rings. The predicted octanol–water partition coefficient (Wildman–Crippen LogP) is 6.72. The van der Waals surface area contributed by atoms with Crippen LogP contribution in [0.5, 0.6) is 5.75 Å². The van der Waals surface area contributed by atoms with E-state index in [0.717, 1.165) is 11.8 Å². The molecule has 0 saturated carbocycles. The van der Waals surface area contributed by atoms with Gasteiger partial charge in [0.15, 0.2) is 11.8 Å². The molecule has 0 aliphatic carbocycles. The zero-order chi connectivity index (χ0) is 24.2. The quantitative estimate of drug-likeness (QED) is 0.345. The van der Waals surface area contributed by atoms with Crippen LogP contribution in [0.1, 0.15) is 5.56 Å². The molecule has 1 saturated heterocycles. The highest BCUT2D eigenvalue weighted by Gasteiger charge is 2.33. The Morgan fingerprint density at radius 3 is 2.26 bits per heavy atom. The van der Waals surface area contributed by atoms with E-state index in [4.69, 9.17) is 44.9 Å². The van der Waals surface area contributed by atoms with Crippen LogP contribution in [0.15, 0.2) is 71.6 Å². The molecule has 6 nitrogen and oxygen atoms in total. The number of halogens is 3. The molecule has 0 unspecified atom stereocenters. The third-order valence-electron chi connectivity index (χ3n) is 4.65. The van der Waals surface area contributed by atoms with Crippen LogP contribution < -0.4 is 15.0 Å². The monoisotopic (exact) mass is 531 g/mol. The first-order valence-corrected chi connectivity index (χ1v) is 11.8. The van der Waals surface area contributed by atoms with Gasteiger partial charge < -0.3 is 10.1 Å². The largest absolute Gasteiger partial charge is 0.483 e. The Hall–Kier alpha value is -2.97. The van der Waals surface area contributed by atoms with Crippen molar-refractivity contribution in [3.63, 3.8) is 0 Å². The van der Waals surface area contributed by atoms with Crippen molar-refractivity contribution in [3.8, 4) is 5.75 Å². The van der Waals surface area contributed by atoms with Crippen LogP contribution in [0.4, 0.5) is 11.4 Å². The minimum atomic E-state index is -0.363. The molecule has 0 atom stereocenters. The van der Waals surface area contributed by atoms with E-state index >= 15 is 0 Å². The lowest BCUT2D eigenvalue weighted by Crippen LogP contribution is -2.27. The second kappa shape index (κ2) is 10.5. The summed E-state index contributed by atoms with van der Waals surface area (Å²) in [6.07, 6.45) is 1.59.